The molecule has 0 N–H and O–H groups in total. The lowest BCUT2D eigenvalue weighted by molar-refractivity contribution is 0.180. The van der Waals surface area contributed by atoms with E-state index in [1.54, 1.807) is 19.6 Å². The van der Waals surface area contributed by atoms with Crippen molar-refractivity contribution in [2.24, 2.45) is 0 Å². The summed E-state index contributed by atoms with van der Waals surface area (Å²) in [7, 11) is 1.76. The average Bonchev–Trinajstić information content (AvgIpc) is 3.10. The molecule has 2 aromatic heterocycles. The number of hydrogen-bond donors (Lipinski definition) is 0. The summed E-state index contributed by atoms with van der Waals surface area (Å²) in [5, 5.41) is 0. The molecule has 5 heteroatoms. The van der Waals surface area contributed by atoms with Gasteiger partial charge in [0, 0.05) is 26.0 Å². The quantitative estimate of drug-likeness (QED) is 0.840. The van der Waals surface area contributed by atoms with Crippen molar-refractivity contribution in [2.45, 2.75) is 18.9 Å². The molecule has 0 spiro atoms. The van der Waals surface area contributed by atoms with Gasteiger partial charge in [0.15, 0.2) is 0 Å². The van der Waals surface area contributed by atoms with E-state index < -0.39 is 0 Å². The van der Waals surface area contributed by atoms with Crippen LogP contribution >= 0.6 is 0 Å². The molecule has 5 nitrogen and oxygen atoms in total. The molecule has 0 radical (unpaired) electrons. The summed E-state index contributed by atoms with van der Waals surface area (Å²) in [4.78, 5) is 11.1. The SMILES string of the molecule is COCC1CCCN1c1cccc(-n2ccnc2)n1. The van der Waals surface area contributed by atoms with Crippen LogP contribution in [0.1, 0.15) is 12.8 Å². The molecule has 1 fully saturated rings. The predicted molar refractivity (Wildman–Crippen MR) is 73.6 cm³/mol. The van der Waals surface area contributed by atoms with Crippen molar-refractivity contribution >= 4 is 5.82 Å². The third-order valence-corrected chi connectivity index (χ3v) is 3.52. The van der Waals surface area contributed by atoms with Gasteiger partial charge in [-0.15, -0.1) is 0 Å². The zero-order valence-corrected chi connectivity index (χ0v) is 11.1. The minimum Gasteiger partial charge on any atom is -0.383 e. The van der Waals surface area contributed by atoms with Crippen molar-refractivity contribution in [1.82, 2.24) is 14.5 Å². The molecule has 0 amide bonds. The Morgan fingerprint density at radius 3 is 3.05 bits per heavy atom. The van der Waals surface area contributed by atoms with Crippen LogP contribution in [0.4, 0.5) is 5.82 Å². The van der Waals surface area contributed by atoms with E-state index in [1.165, 1.54) is 12.8 Å². The highest BCUT2D eigenvalue weighted by Crippen LogP contribution is 2.24. The molecule has 3 rings (SSSR count). The van der Waals surface area contributed by atoms with E-state index in [4.69, 9.17) is 9.72 Å². The summed E-state index contributed by atoms with van der Waals surface area (Å²) in [6.07, 6.45) is 7.80. The molecular formula is C14H18N4O. The van der Waals surface area contributed by atoms with Gasteiger partial charge in [0.1, 0.15) is 18.0 Å². The Hall–Kier alpha value is -1.88. The van der Waals surface area contributed by atoms with Crippen LogP contribution in [-0.2, 0) is 4.74 Å². The smallest absolute Gasteiger partial charge is 0.140 e. The summed E-state index contributed by atoms with van der Waals surface area (Å²) in [6.45, 7) is 1.81. The summed E-state index contributed by atoms with van der Waals surface area (Å²) < 4.78 is 7.22. The number of aromatic nitrogens is 3. The second kappa shape index (κ2) is 5.40. The van der Waals surface area contributed by atoms with E-state index in [-0.39, 0.29) is 0 Å². The maximum atomic E-state index is 5.30. The topological polar surface area (TPSA) is 43.2 Å². The highest BCUT2D eigenvalue weighted by atomic mass is 16.5. The van der Waals surface area contributed by atoms with E-state index in [0.29, 0.717) is 6.04 Å². The number of anilines is 1. The predicted octanol–water partition coefficient (Wildman–Crippen LogP) is 1.88. The molecule has 0 aromatic carbocycles. The van der Waals surface area contributed by atoms with Crippen LogP contribution in [-0.4, -0.2) is 40.8 Å². The number of imidazole rings is 1. The average molecular weight is 258 g/mol. The fourth-order valence-corrected chi connectivity index (χ4v) is 2.61. The van der Waals surface area contributed by atoms with Crippen LogP contribution in [0.2, 0.25) is 0 Å². The molecule has 1 saturated heterocycles. The Kier molecular flexibility index (Phi) is 3.46. The second-order valence-corrected chi connectivity index (χ2v) is 4.77. The van der Waals surface area contributed by atoms with Gasteiger partial charge >= 0.3 is 0 Å². The third-order valence-electron chi connectivity index (χ3n) is 3.52. The largest absolute Gasteiger partial charge is 0.383 e. The number of methoxy groups -OCH3 is 1. The summed E-state index contributed by atoms with van der Waals surface area (Å²) in [6, 6.07) is 6.54. The first-order valence-electron chi connectivity index (χ1n) is 6.59. The first kappa shape index (κ1) is 12.2. The number of hydrogen-bond acceptors (Lipinski definition) is 4. The molecular weight excluding hydrogens is 240 g/mol. The highest BCUT2D eigenvalue weighted by Gasteiger charge is 2.25. The number of rotatable bonds is 4. The van der Waals surface area contributed by atoms with Crippen LogP contribution in [0.3, 0.4) is 0 Å². The Labute approximate surface area is 112 Å². The van der Waals surface area contributed by atoms with Gasteiger partial charge < -0.3 is 9.64 Å². The van der Waals surface area contributed by atoms with Crippen molar-refractivity contribution in [2.75, 3.05) is 25.2 Å². The van der Waals surface area contributed by atoms with Gasteiger partial charge in [-0.3, -0.25) is 4.57 Å². The molecule has 0 saturated carbocycles. The molecule has 1 unspecified atom stereocenters. The molecule has 1 aliphatic heterocycles. The van der Waals surface area contributed by atoms with Crippen molar-refractivity contribution in [3.63, 3.8) is 0 Å². The lowest BCUT2D eigenvalue weighted by Crippen LogP contribution is -2.33. The Morgan fingerprint density at radius 2 is 2.26 bits per heavy atom. The zero-order valence-electron chi connectivity index (χ0n) is 11.1. The monoisotopic (exact) mass is 258 g/mol. The number of nitrogens with zero attached hydrogens (tertiary/aromatic N) is 4. The molecule has 2 aromatic rings. The first-order chi connectivity index (χ1) is 9.38. The van der Waals surface area contributed by atoms with Crippen molar-refractivity contribution < 1.29 is 4.74 Å². The molecule has 1 aliphatic rings. The fourth-order valence-electron chi connectivity index (χ4n) is 2.61. The Morgan fingerprint density at radius 1 is 1.37 bits per heavy atom. The minimum atomic E-state index is 0.440. The van der Waals surface area contributed by atoms with Crippen LogP contribution in [0.25, 0.3) is 5.82 Å². The van der Waals surface area contributed by atoms with Crippen LogP contribution in [0, 0.1) is 0 Å². The number of ether oxygens (including phenoxy) is 1. The van der Waals surface area contributed by atoms with Crippen LogP contribution < -0.4 is 4.90 Å². The lowest BCUT2D eigenvalue weighted by atomic mass is 10.2. The standard InChI is InChI=1S/C14H18N4O/c1-19-10-12-4-3-8-18(12)14-6-2-5-13(16-14)17-9-7-15-11-17/h2,5-7,9,11-12H,3-4,8,10H2,1H3. The minimum absolute atomic E-state index is 0.440. The maximum Gasteiger partial charge on any atom is 0.140 e. The van der Waals surface area contributed by atoms with Crippen molar-refractivity contribution in [3.8, 4) is 5.82 Å². The Bertz CT molecular complexity index is 526. The van der Waals surface area contributed by atoms with Gasteiger partial charge in [-0.25, -0.2) is 9.97 Å². The summed E-state index contributed by atoms with van der Waals surface area (Å²) in [5.74, 6) is 1.92. The molecule has 0 aliphatic carbocycles. The van der Waals surface area contributed by atoms with Crippen LogP contribution in [0.5, 0.6) is 0 Å². The first-order valence-corrected chi connectivity index (χ1v) is 6.59. The van der Waals surface area contributed by atoms with Gasteiger partial charge in [-0.1, -0.05) is 6.07 Å². The van der Waals surface area contributed by atoms with E-state index >= 15 is 0 Å². The Balaban J connectivity index is 1.87. The van der Waals surface area contributed by atoms with E-state index in [9.17, 15) is 0 Å². The van der Waals surface area contributed by atoms with E-state index in [1.807, 2.05) is 22.9 Å². The maximum absolute atomic E-state index is 5.30. The van der Waals surface area contributed by atoms with Gasteiger partial charge in [-0.05, 0) is 25.0 Å². The highest BCUT2D eigenvalue weighted by molar-refractivity contribution is 5.44. The second-order valence-electron chi connectivity index (χ2n) is 4.77. The summed E-state index contributed by atoms with van der Waals surface area (Å²) in [5.41, 5.74) is 0. The molecule has 0 bridgehead atoms. The van der Waals surface area contributed by atoms with E-state index in [0.717, 1.165) is 24.8 Å². The summed E-state index contributed by atoms with van der Waals surface area (Å²) >= 11 is 0. The van der Waals surface area contributed by atoms with Gasteiger partial charge in [-0.2, -0.15) is 0 Å². The third kappa shape index (κ3) is 2.46. The molecule has 3 heterocycles. The molecule has 100 valence electrons. The van der Waals surface area contributed by atoms with Crippen LogP contribution in [0.15, 0.2) is 36.9 Å². The normalized spacial score (nSPS) is 19.0. The lowest BCUT2D eigenvalue weighted by Gasteiger charge is -2.25. The van der Waals surface area contributed by atoms with Crippen molar-refractivity contribution in [3.05, 3.63) is 36.9 Å². The molecule has 19 heavy (non-hydrogen) atoms. The number of pyridine rings is 1. The van der Waals surface area contributed by atoms with E-state index in [2.05, 4.69) is 16.0 Å². The van der Waals surface area contributed by atoms with Gasteiger partial charge in [0.05, 0.1) is 12.6 Å². The fraction of sp³-hybridized carbons (Fsp3) is 0.429. The van der Waals surface area contributed by atoms with Gasteiger partial charge in [0.2, 0.25) is 0 Å². The van der Waals surface area contributed by atoms with Gasteiger partial charge in [0.25, 0.3) is 0 Å². The molecule has 1 atom stereocenters. The zero-order chi connectivity index (χ0) is 13.1. The van der Waals surface area contributed by atoms with Crippen molar-refractivity contribution in [1.29, 1.82) is 0 Å².